The first-order valence-electron chi connectivity index (χ1n) is 4.69. The number of aromatic nitrogens is 1. The lowest BCUT2D eigenvalue weighted by atomic mass is 10.2. The number of hydrogen-bond acceptors (Lipinski definition) is 2. The Morgan fingerprint density at radius 2 is 2.12 bits per heavy atom. The molecular formula is C10H12BrF3N2. The van der Waals surface area contributed by atoms with Crippen LogP contribution in [0.25, 0.3) is 0 Å². The summed E-state index contributed by atoms with van der Waals surface area (Å²) in [5, 5.41) is 0. The maximum atomic E-state index is 12.4. The second kappa shape index (κ2) is 5.03. The molecule has 2 nitrogen and oxygen atoms in total. The average Bonchev–Trinajstić information content (AvgIpc) is 2.15. The second-order valence-corrected chi connectivity index (χ2v) is 5.12. The van der Waals surface area contributed by atoms with Crippen molar-refractivity contribution in [2.24, 2.45) is 0 Å². The minimum absolute atomic E-state index is 0.189. The Morgan fingerprint density at radius 1 is 1.50 bits per heavy atom. The topological polar surface area (TPSA) is 16.1 Å². The highest BCUT2D eigenvalue weighted by atomic mass is 79.9. The van der Waals surface area contributed by atoms with Crippen LogP contribution in [0.1, 0.15) is 12.5 Å². The Kier molecular flexibility index (Phi) is 4.18. The van der Waals surface area contributed by atoms with Crippen LogP contribution in [0.4, 0.5) is 19.0 Å². The van der Waals surface area contributed by atoms with Crippen molar-refractivity contribution in [1.29, 1.82) is 0 Å². The number of halogens is 4. The summed E-state index contributed by atoms with van der Waals surface area (Å²) in [6.45, 7) is 2.51. The third-order valence-electron chi connectivity index (χ3n) is 1.99. The zero-order chi connectivity index (χ0) is 12.3. The largest absolute Gasteiger partial charge is 0.416 e. The van der Waals surface area contributed by atoms with Crippen molar-refractivity contribution in [3.8, 4) is 0 Å². The molecule has 1 aromatic rings. The molecule has 0 saturated carbocycles. The summed E-state index contributed by atoms with van der Waals surface area (Å²) in [6.07, 6.45) is -3.15. The molecule has 0 saturated heterocycles. The highest BCUT2D eigenvalue weighted by molar-refractivity contribution is 9.09. The average molecular weight is 297 g/mol. The summed E-state index contributed by atoms with van der Waals surface area (Å²) in [6, 6.07) is 2.02. The molecule has 16 heavy (non-hydrogen) atoms. The summed E-state index contributed by atoms with van der Waals surface area (Å²) in [7, 11) is 1.71. The molecule has 0 aliphatic carbocycles. The van der Waals surface area contributed by atoms with Crippen LogP contribution in [-0.2, 0) is 6.18 Å². The Balaban J connectivity index is 2.90. The van der Waals surface area contributed by atoms with E-state index in [-0.39, 0.29) is 4.83 Å². The molecule has 0 fully saturated rings. The summed E-state index contributed by atoms with van der Waals surface area (Å²) in [5.41, 5.74) is -0.674. The Labute approximate surface area is 101 Å². The number of alkyl halides is 4. The number of pyridine rings is 1. The van der Waals surface area contributed by atoms with Crippen LogP contribution in [0, 0.1) is 0 Å². The van der Waals surface area contributed by atoms with Crippen LogP contribution >= 0.6 is 15.9 Å². The third-order valence-corrected chi connectivity index (χ3v) is 2.28. The van der Waals surface area contributed by atoms with E-state index in [2.05, 4.69) is 20.9 Å². The van der Waals surface area contributed by atoms with Crippen LogP contribution in [0.15, 0.2) is 18.3 Å². The summed E-state index contributed by atoms with van der Waals surface area (Å²) in [4.78, 5) is 5.77. The van der Waals surface area contributed by atoms with E-state index in [4.69, 9.17) is 0 Å². The van der Waals surface area contributed by atoms with Gasteiger partial charge in [-0.2, -0.15) is 13.2 Å². The van der Waals surface area contributed by atoms with E-state index in [1.807, 2.05) is 6.92 Å². The lowest BCUT2D eigenvalue weighted by Crippen LogP contribution is -2.25. The molecule has 1 atom stereocenters. The van der Waals surface area contributed by atoms with Crippen LogP contribution in [-0.4, -0.2) is 23.4 Å². The monoisotopic (exact) mass is 296 g/mol. The van der Waals surface area contributed by atoms with Gasteiger partial charge in [-0.3, -0.25) is 0 Å². The van der Waals surface area contributed by atoms with Crippen LogP contribution < -0.4 is 4.90 Å². The molecule has 0 aromatic carbocycles. The van der Waals surface area contributed by atoms with Crippen molar-refractivity contribution >= 4 is 21.7 Å². The van der Waals surface area contributed by atoms with Crippen molar-refractivity contribution < 1.29 is 13.2 Å². The summed E-state index contributed by atoms with van der Waals surface area (Å²) in [5.74, 6) is 0.320. The van der Waals surface area contributed by atoms with Gasteiger partial charge in [-0.25, -0.2) is 4.98 Å². The summed E-state index contributed by atoms with van der Waals surface area (Å²) < 4.78 is 37.3. The van der Waals surface area contributed by atoms with Crippen LogP contribution in [0.5, 0.6) is 0 Å². The number of hydrogen-bond donors (Lipinski definition) is 0. The predicted octanol–water partition coefficient (Wildman–Crippen LogP) is 3.32. The molecule has 0 spiro atoms. The molecule has 1 aromatic heterocycles. The molecule has 0 aliphatic rings. The van der Waals surface area contributed by atoms with E-state index in [0.717, 1.165) is 12.1 Å². The molecule has 6 heteroatoms. The van der Waals surface area contributed by atoms with E-state index in [1.54, 1.807) is 11.9 Å². The number of anilines is 1. The molecule has 0 amide bonds. The van der Waals surface area contributed by atoms with Gasteiger partial charge in [0.25, 0.3) is 0 Å². The molecule has 1 unspecified atom stereocenters. The van der Waals surface area contributed by atoms with Crippen molar-refractivity contribution in [3.05, 3.63) is 23.9 Å². The van der Waals surface area contributed by atoms with Gasteiger partial charge in [-0.05, 0) is 12.1 Å². The van der Waals surface area contributed by atoms with Gasteiger partial charge in [0.2, 0.25) is 0 Å². The standard InChI is InChI=1S/C10H12BrF3N2/c1-7(11)6-16(2)9-5-8(3-4-15-9)10(12,13)14/h3-5,7H,6H2,1-2H3. The fourth-order valence-corrected chi connectivity index (χ4v) is 1.71. The van der Waals surface area contributed by atoms with Crippen molar-refractivity contribution in [1.82, 2.24) is 4.98 Å². The fourth-order valence-electron chi connectivity index (χ4n) is 1.27. The first-order chi connectivity index (χ1) is 7.30. The van der Waals surface area contributed by atoms with E-state index in [1.165, 1.54) is 6.20 Å². The molecule has 1 heterocycles. The van der Waals surface area contributed by atoms with Gasteiger partial charge in [0, 0.05) is 24.6 Å². The quantitative estimate of drug-likeness (QED) is 0.796. The Bertz CT molecular complexity index is 352. The minimum Gasteiger partial charge on any atom is -0.359 e. The van der Waals surface area contributed by atoms with Crippen molar-refractivity contribution in [2.75, 3.05) is 18.5 Å². The van der Waals surface area contributed by atoms with Gasteiger partial charge < -0.3 is 4.90 Å². The number of rotatable bonds is 3. The second-order valence-electron chi connectivity index (χ2n) is 3.56. The normalized spacial score (nSPS) is 13.6. The SMILES string of the molecule is CC(Br)CN(C)c1cc(C(F)(F)F)ccn1. The molecule has 0 N–H and O–H groups in total. The van der Waals surface area contributed by atoms with Crippen molar-refractivity contribution in [3.63, 3.8) is 0 Å². The van der Waals surface area contributed by atoms with Gasteiger partial charge in [-0.1, -0.05) is 22.9 Å². The van der Waals surface area contributed by atoms with Gasteiger partial charge in [0.1, 0.15) is 5.82 Å². The molecular weight excluding hydrogens is 285 g/mol. The zero-order valence-electron chi connectivity index (χ0n) is 8.92. The smallest absolute Gasteiger partial charge is 0.359 e. The molecule has 0 radical (unpaired) electrons. The minimum atomic E-state index is -4.32. The van der Waals surface area contributed by atoms with E-state index < -0.39 is 11.7 Å². The van der Waals surface area contributed by atoms with Crippen LogP contribution in [0.3, 0.4) is 0 Å². The number of nitrogens with zero attached hydrogens (tertiary/aromatic N) is 2. The molecule has 1 rings (SSSR count). The molecule has 0 bridgehead atoms. The van der Waals surface area contributed by atoms with Crippen molar-refractivity contribution in [2.45, 2.75) is 17.9 Å². The zero-order valence-corrected chi connectivity index (χ0v) is 10.5. The predicted molar refractivity (Wildman–Crippen MR) is 60.9 cm³/mol. The van der Waals surface area contributed by atoms with E-state index >= 15 is 0 Å². The van der Waals surface area contributed by atoms with Crippen LogP contribution in [0.2, 0.25) is 0 Å². The first kappa shape index (κ1) is 13.3. The van der Waals surface area contributed by atoms with E-state index in [0.29, 0.717) is 12.4 Å². The lowest BCUT2D eigenvalue weighted by Gasteiger charge is -2.20. The van der Waals surface area contributed by atoms with Gasteiger partial charge in [0.15, 0.2) is 0 Å². The highest BCUT2D eigenvalue weighted by Gasteiger charge is 2.31. The lowest BCUT2D eigenvalue weighted by molar-refractivity contribution is -0.137. The Hall–Kier alpha value is -0.780. The Morgan fingerprint density at radius 3 is 2.62 bits per heavy atom. The molecule has 0 aliphatic heterocycles. The first-order valence-corrected chi connectivity index (χ1v) is 5.60. The fraction of sp³-hybridized carbons (Fsp3) is 0.500. The maximum Gasteiger partial charge on any atom is 0.416 e. The van der Waals surface area contributed by atoms with Gasteiger partial charge in [0.05, 0.1) is 5.56 Å². The third kappa shape index (κ3) is 3.66. The molecule has 90 valence electrons. The summed E-state index contributed by atoms with van der Waals surface area (Å²) >= 11 is 3.34. The maximum absolute atomic E-state index is 12.4. The highest BCUT2D eigenvalue weighted by Crippen LogP contribution is 2.30. The van der Waals surface area contributed by atoms with E-state index in [9.17, 15) is 13.2 Å². The van der Waals surface area contributed by atoms with Gasteiger partial charge >= 0.3 is 6.18 Å². The van der Waals surface area contributed by atoms with Gasteiger partial charge in [-0.15, -0.1) is 0 Å².